The van der Waals surface area contributed by atoms with Gasteiger partial charge in [-0.1, -0.05) is 74.8 Å². The standard InChI is InChI=1S/C21H34O4Si.C15H20O4.2CH4/c1-13-9-10-16-14(2)11-21(12-15(3)19(22)24-21)23-18(16)17(13)25-26(7,8)20(4,5)6;1-8-4-5-11-9(2)6-15(18-13(11)12(8)16)7-10(3)14(17)19-15;;/h9,14,16-18H,3,10-12H2,1-2,4-8H3;4,9,11-13,16H,3,5-7H2,1-2H3;2*1H4/t14-,16+,17+,18+,21+;9-,11+,12+,13+,15+;;/m00../s1. The molecule has 10 atom stereocenters. The molecule has 0 saturated carbocycles. The molecule has 4 aliphatic heterocycles. The summed E-state index contributed by atoms with van der Waals surface area (Å²) < 4.78 is 30.5. The molecule has 4 saturated heterocycles. The quantitative estimate of drug-likeness (QED) is 0.136. The van der Waals surface area contributed by atoms with E-state index in [-0.39, 0.29) is 56.1 Å². The molecular weight excluding hydrogens is 612 g/mol. The van der Waals surface area contributed by atoms with Gasteiger partial charge in [-0.3, -0.25) is 0 Å². The van der Waals surface area contributed by atoms with Crippen molar-refractivity contribution in [3.8, 4) is 0 Å². The van der Waals surface area contributed by atoms with E-state index in [0.29, 0.717) is 48.2 Å². The van der Waals surface area contributed by atoms with Crippen molar-refractivity contribution in [1.29, 1.82) is 0 Å². The fourth-order valence-corrected chi connectivity index (χ4v) is 9.09. The van der Waals surface area contributed by atoms with Crippen molar-refractivity contribution in [2.75, 3.05) is 0 Å². The highest BCUT2D eigenvalue weighted by Crippen LogP contribution is 2.51. The Morgan fingerprint density at radius 3 is 1.68 bits per heavy atom. The summed E-state index contributed by atoms with van der Waals surface area (Å²) in [7, 11) is -1.96. The van der Waals surface area contributed by atoms with Crippen molar-refractivity contribution >= 4 is 20.3 Å². The van der Waals surface area contributed by atoms with E-state index < -0.39 is 26.0 Å². The van der Waals surface area contributed by atoms with Gasteiger partial charge in [0.05, 0.1) is 18.3 Å². The van der Waals surface area contributed by atoms with Crippen LogP contribution in [0.1, 0.15) is 102 Å². The van der Waals surface area contributed by atoms with E-state index >= 15 is 0 Å². The molecule has 0 aromatic carbocycles. The van der Waals surface area contributed by atoms with Gasteiger partial charge in [0.25, 0.3) is 0 Å². The number of carbonyl (C=O) groups is 2. The molecule has 0 bridgehead atoms. The fourth-order valence-electron chi connectivity index (χ4n) is 7.78. The third kappa shape index (κ3) is 7.44. The fraction of sp³-hybridized carbons (Fsp3) is 0.737. The zero-order valence-corrected chi connectivity index (χ0v) is 29.7. The van der Waals surface area contributed by atoms with Crippen LogP contribution in [0.2, 0.25) is 18.1 Å². The predicted octanol–water partition coefficient (Wildman–Crippen LogP) is 8.18. The summed E-state index contributed by atoms with van der Waals surface area (Å²) in [6, 6.07) is 0. The SMILES string of the molecule is C.C.C=C1C[C@@]2(C[C@H](C)[C@H]3CC=C(C)[C@@H](O)[C@@H]3O2)OC1=O.C=C1C[C@@]2(C[C@H](C)[C@H]3CC=C(C)[C@@H](O[Si](C)(C)C(C)(C)C)[C@@H]3O2)OC1=O. The number of ether oxygens (including phenoxy) is 4. The molecule has 0 aromatic heterocycles. The number of fused-ring (bicyclic) bond motifs is 2. The van der Waals surface area contributed by atoms with Gasteiger partial charge in [0.2, 0.25) is 11.6 Å². The van der Waals surface area contributed by atoms with Gasteiger partial charge in [0.1, 0.15) is 6.10 Å². The number of carbonyl (C=O) groups excluding carboxylic acids is 2. The first-order valence-electron chi connectivity index (χ1n) is 16.6. The molecule has 1 N–H and O–H groups in total. The Bertz CT molecular complexity index is 1270. The molecule has 2 aliphatic carbocycles. The molecule has 47 heavy (non-hydrogen) atoms. The summed E-state index contributed by atoms with van der Waals surface area (Å²) in [6.07, 6.45) is 7.58. The van der Waals surface area contributed by atoms with Gasteiger partial charge >= 0.3 is 11.9 Å². The van der Waals surface area contributed by atoms with E-state index in [1.165, 1.54) is 5.57 Å². The number of allylic oxidation sites excluding steroid dienone is 2. The maximum absolute atomic E-state index is 12.0. The Kier molecular flexibility index (Phi) is 11.5. The van der Waals surface area contributed by atoms with E-state index in [1.807, 2.05) is 6.92 Å². The first kappa shape index (κ1) is 39.4. The van der Waals surface area contributed by atoms with Crippen LogP contribution in [0.25, 0.3) is 0 Å². The molecule has 4 heterocycles. The number of hydrogen-bond acceptors (Lipinski definition) is 8. The third-order valence-electron chi connectivity index (χ3n) is 11.6. The maximum atomic E-state index is 12.0. The van der Waals surface area contributed by atoms with Crippen molar-refractivity contribution in [3.05, 3.63) is 47.6 Å². The molecule has 0 radical (unpaired) electrons. The minimum Gasteiger partial charge on any atom is -0.429 e. The second-order valence-electron chi connectivity index (χ2n) is 16.1. The van der Waals surface area contributed by atoms with Crippen LogP contribution in [0.15, 0.2) is 47.6 Å². The van der Waals surface area contributed by atoms with Gasteiger partial charge in [-0.2, -0.15) is 0 Å². The lowest BCUT2D eigenvalue weighted by atomic mass is 9.73. The lowest BCUT2D eigenvalue weighted by Gasteiger charge is -2.51. The minimum absolute atomic E-state index is 0. The van der Waals surface area contributed by atoms with Gasteiger partial charge in [-0.15, -0.1) is 0 Å². The Morgan fingerprint density at radius 2 is 1.26 bits per heavy atom. The average Bonchev–Trinajstić information content (AvgIpc) is 3.34. The normalized spacial score (nSPS) is 39.7. The van der Waals surface area contributed by atoms with Crippen LogP contribution in [0.5, 0.6) is 0 Å². The number of esters is 2. The van der Waals surface area contributed by atoms with Gasteiger partial charge in [0, 0.05) is 36.8 Å². The van der Waals surface area contributed by atoms with Crippen molar-refractivity contribution < 1.29 is 38.1 Å². The molecule has 0 amide bonds. The van der Waals surface area contributed by atoms with Crippen LogP contribution in [0, 0.1) is 23.7 Å². The predicted molar refractivity (Wildman–Crippen MR) is 188 cm³/mol. The topological polar surface area (TPSA) is 101 Å². The van der Waals surface area contributed by atoms with E-state index in [2.05, 4.69) is 79.9 Å². The highest BCUT2D eigenvalue weighted by atomic mass is 28.4. The molecule has 0 unspecified atom stereocenters. The van der Waals surface area contributed by atoms with Gasteiger partial charge in [0.15, 0.2) is 8.32 Å². The first-order valence-corrected chi connectivity index (χ1v) is 19.5. The molecule has 8 nitrogen and oxygen atoms in total. The monoisotopic (exact) mass is 674 g/mol. The lowest BCUT2D eigenvalue weighted by molar-refractivity contribution is -0.288. The number of rotatable bonds is 2. The van der Waals surface area contributed by atoms with E-state index in [4.69, 9.17) is 23.4 Å². The molecule has 6 rings (SSSR count). The molecule has 6 aliphatic rings. The Hall–Kier alpha value is -2.04. The lowest BCUT2D eigenvalue weighted by Crippen LogP contribution is -2.57. The summed E-state index contributed by atoms with van der Waals surface area (Å²) >= 11 is 0. The molecule has 2 spiro atoms. The van der Waals surface area contributed by atoms with Crippen molar-refractivity contribution in [1.82, 2.24) is 0 Å². The van der Waals surface area contributed by atoms with E-state index in [0.717, 1.165) is 24.8 Å². The number of aliphatic hydroxyl groups excluding tert-OH is 1. The Balaban J connectivity index is 0.000000255. The van der Waals surface area contributed by atoms with Crippen LogP contribution in [-0.2, 0) is 33.0 Å². The molecule has 4 fully saturated rings. The van der Waals surface area contributed by atoms with E-state index in [9.17, 15) is 14.7 Å². The smallest absolute Gasteiger partial charge is 0.336 e. The molecule has 0 aromatic rings. The van der Waals surface area contributed by atoms with Crippen molar-refractivity contribution in [2.24, 2.45) is 23.7 Å². The summed E-state index contributed by atoms with van der Waals surface area (Å²) in [5.74, 6) is -1.000. The second kappa shape index (κ2) is 13.7. The summed E-state index contributed by atoms with van der Waals surface area (Å²) in [6.45, 7) is 27.3. The Morgan fingerprint density at radius 1 is 0.830 bits per heavy atom. The van der Waals surface area contributed by atoms with Crippen LogP contribution in [0.4, 0.5) is 0 Å². The minimum atomic E-state index is -1.96. The van der Waals surface area contributed by atoms with Crippen molar-refractivity contribution in [3.63, 3.8) is 0 Å². The largest absolute Gasteiger partial charge is 0.429 e. The highest BCUT2D eigenvalue weighted by molar-refractivity contribution is 6.74. The van der Waals surface area contributed by atoms with Gasteiger partial charge in [-0.05, 0) is 79.6 Å². The summed E-state index contributed by atoms with van der Waals surface area (Å²) in [5.41, 5.74) is 3.15. The third-order valence-corrected chi connectivity index (χ3v) is 16.0. The summed E-state index contributed by atoms with van der Waals surface area (Å²) in [5, 5.41) is 10.4. The van der Waals surface area contributed by atoms with Crippen LogP contribution in [-0.4, -0.2) is 61.4 Å². The summed E-state index contributed by atoms with van der Waals surface area (Å²) in [4.78, 5) is 23.6. The zero-order valence-electron chi connectivity index (χ0n) is 28.7. The second-order valence-corrected chi connectivity index (χ2v) is 20.9. The van der Waals surface area contributed by atoms with Gasteiger partial charge < -0.3 is 28.5 Å². The number of aliphatic hydroxyl groups is 1. The van der Waals surface area contributed by atoms with E-state index in [1.54, 1.807) is 0 Å². The molecule has 9 heteroatoms. The number of hydrogen-bond donors (Lipinski definition) is 1. The van der Waals surface area contributed by atoms with Crippen LogP contribution < -0.4 is 0 Å². The van der Waals surface area contributed by atoms with Crippen molar-refractivity contribution in [2.45, 2.75) is 156 Å². The van der Waals surface area contributed by atoms with Crippen LogP contribution in [0.3, 0.4) is 0 Å². The zero-order chi connectivity index (χ0) is 33.3. The molecule has 266 valence electrons. The first-order chi connectivity index (χ1) is 20.8. The van der Waals surface area contributed by atoms with Crippen LogP contribution >= 0.6 is 0 Å². The Labute approximate surface area is 285 Å². The van der Waals surface area contributed by atoms with Gasteiger partial charge in [-0.25, -0.2) is 9.59 Å². The molecular formula is C38H62O8Si. The highest BCUT2D eigenvalue weighted by Gasteiger charge is 2.57. The maximum Gasteiger partial charge on any atom is 0.336 e. The average molecular weight is 675 g/mol.